The summed E-state index contributed by atoms with van der Waals surface area (Å²) < 4.78 is 5.06. The number of nitrogens with zero attached hydrogens (tertiary/aromatic N) is 1. The lowest BCUT2D eigenvalue weighted by molar-refractivity contribution is -0.137. The lowest BCUT2D eigenvalue weighted by Crippen LogP contribution is -2.42. The Balaban J connectivity index is 2.48. The van der Waals surface area contributed by atoms with Crippen molar-refractivity contribution in [3.63, 3.8) is 0 Å². The summed E-state index contributed by atoms with van der Waals surface area (Å²) in [6, 6.07) is -0.772. The molecule has 0 radical (unpaired) electrons. The van der Waals surface area contributed by atoms with Crippen LogP contribution in [0.4, 0.5) is 4.79 Å². The van der Waals surface area contributed by atoms with Gasteiger partial charge in [-0.15, -0.1) is 0 Å². The number of carbonyl (C=O) groups is 2. The molecule has 7 heteroatoms. The van der Waals surface area contributed by atoms with Gasteiger partial charge in [-0.05, 0) is 34.1 Å². The summed E-state index contributed by atoms with van der Waals surface area (Å²) in [5.41, 5.74) is 1.60. The molecule has 0 aliphatic rings. The van der Waals surface area contributed by atoms with Crippen LogP contribution in [0.3, 0.4) is 0 Å². The van der Waals surface area contributed by atoms with Crippen LogP contribution in [0.15, 0.2) is 4.52 Å². The van der Waals surface area contributed by atoms with E-state index in [-0.39, 0.29) is 24.5 Å². The zero-order chi connectivity index (χ0) is 15.3. The number of aliphatic carboxylic acids is 1. The minimum absolute atomic E-state index is 0.0286. The summed E-state index contributed by atoms with van der Waals surface area (Å²) in [6.45, 7) is 7.22. The number of amides is 2. The third-order valence-electron chi connectivity index (χ3n) is 3.04. The van der Waals surface area contributed by atoms with Gasteiger partial charge in [-0.1, -0.05) is 5.16 Å². The molecule has 2 unspecified atom stereocenters. The molecular weight excluding hydrogens is 262 g/mol. The molecule has 1 aromatic rings. The fraction of sp³-hybridized carbons (Fsp3) is 0.615. The molecule has 0 aromatic carbocycles. The van der Waals surface area contributed by atoms with Crippen molar-refractivity contribution in [3.05, 3.63) is 17.0 Å². The number of carboxylic acids is 1. The van der Waals surface area contributed by atoms with Gasteiger partial charge < -0.3 is 20.3 Å². The Labute approximate surface area is 117 Å². The van der Waals surface area contributed by atoms with Gasteiger partial charge in [0.05, 0.1) is 11.7 Å². The first kappa shape index (κ1) is 16.0. The summed E-state index contributed by atoms with van der Waals surface area (Å²) in [5, 5.41) is 17.9. The SMILES string of the molecule is Cc1noc(C)c1C(C)NC(=O)NC(C)CCC(=O)O. The van der Waals surface area contributed by atoms with Gasteiger partial charge in [-0.2, -0.15) is 0 Å². The molecule has 1 heterocycles. The molecule has 0 bridgehead atoms. The largest absolute Gasteiger partial charge is 0.481 e. The maximum Gasteiger partial charge on any atom is 0.315 e. The molecule has 0 aliphatic heterocycles. The average molecular weight is 283 g/mol. The van der Waals surface area contributed by atoms with E-state index in [1.807, 2.05) is 13.8 Å². The topological polar surface area (TPSA) is 104 Å². The molecule has 0 fully saturated rings. The Morgan fingerprint density at radius 3 is 2.45 bits per heavy atom. The quantitative estimate of drug-likeness (QED) is 0.739. The summed E-state index contributed by atoms with van der Waals surface area (Å²) in [6.07, 6.45) is 0.420. The first-order valence-electron chi connectivity index (χ1n) is 6.52. The smallest absolute Gasteiger partial charge is 0.315 e. The third kappa shape index (κ3) is 4.56. The highest BCUT2D eigenvalue weighted by molar-refractivity contribution is 5.75. The van der Waals surface area contributed by atoms with Crippen molar-refractivity contribution in [2.24, 2.45) is 0 Å². The van der Waals surface area contributed by atoms with Gasteiger partial charge in [0.25, 0.3) is 0 Å². The lowest BCUT2D eigenvalue weighted by Gasteiger charge is -2.17. The van der Waals surface area contributed by atoms with Crippen LogP contribution in [0.5, 0.6) is 0 Å². The Bertz CT molecular complexity index is 464. The first-order chi connectivity index (χ1) is 9.31. The van der Waals surface area contributed by atoms with Crippen molar-refractivity contribution < 1.29 is 19.2 Å². The standard InChI is InChI=1S/C13H21N3O4/c1-7(5-6-11(17)18)14-13(19)15-8(2)12-9(3)16-20-10(12)4/h7-8H,5-6H2,1-4H3,(H,17,18)(H2,14,15,19). The number of rotatable bonds is 6. The molecule has 1 rings (SSSR count). The van der Waals surface area contributed by atoms with Gasteiger partial charge in [0, 0.05) is 18.0 Å². The van der Waals surface area contributed by atoms with Crippen LogP contribution in [-0.2, 0) is 4.79 Å². The molecule has 2 amide bonds. The number of aryl methyl sites for hydroxylation is 2. The molecule has 3 N–H and O–H groups in total. The number of aromatic nitrogens is 1. The minimum Gasteiger partial charge on any atom is -0.481 e. The second-order valence-electron chi connectivity index (χ2n) is 4.91. The third-order valence-corrected chi connectivity index (χ3v) is 3.04. The first-order valence-corrected chi connectivity index (χ1v) is 6.52. The Kier molecular flexibility index (Phi) is 5.54. The highest BCUT2D eigenvalue weighted by Crippen LogP contribution is 2.20. The molecule has 20 heavy (non-hydrogen) atoms. The highest BCUT2D eigenvalue weighted by atomic mass is 16.5. The molecule has 1 aromatic heterocycles. The zero-order valence-corrected chi connectivity index (χ0v) is 12.2. The van der Waals surface area contributed by atoms with E-state index in [1.54, 1.807) is 13.8 Å². The van der Waals surface area contributed by atoms with E-state index < -0.39 is 5.97 Å². The number of nitrogens with one attached hydrogen (secondary N) is 2. The van der Waals surface area contributed by atoms with Crippen LogP contribution in [0.25, 0.3) is 0 Å². The van der Waals surface area contributed by atoms with Crippen molar-refractivity contribution in [2.45, 2.75) is 52.6 Å². The van der Waals surface area contributed by atoms with E-state index >= 15 is 0 Å². The Morgan fingerprint density at radius 2 is 1.95 bits per heavy atom. The van der Waals surface area contributed by atoms with Crippen molar-refractivity contribution in [2.75, 3.05) is 0 Å². The molecule has 0 aliphatic carbocycles. The van der Waals surface area contributed by atoms with E-state index in [1.165, 1.54) is 0 Å². The van der Waals surface area contributed by atoms with E-state index in [4.69, 9.17) is 9.63 Å². The van der Waals surface area contributed by atoms with Crippen LogP contribution < -0.4 is 10.6 Å². The predicted molar refractivity (Wildman–Crippen MR) is 72.4 cm³/mol. The Hall–Kier alpha value is -2.05. The molecule has 0 spiro atoms. The normalized spacial score (nSPS) is 13.6. The molecule has 2 atom stereocenters. The molecular formula is C13H21N3O4. The summed E-state index contributed by atoms with van der Waals surface area (Å²) in [7, 11) is 0. The average Bonchev–Trinajstić information content (AvgIpc) is 2.66. The second-order valence-corrected chi connectivity index (χ2v) is 4.91. The fourth-order valence-corrected chi connectivity index (χ4v) is 2.05. The lowest BCUT2D eigenvalue weighted by atomic mass is 10.1. The highest BCUT2D eigenvalue weighted by Gasteiger charge is 2.18. The zero-order valence-electron chi connectivity index (χ0n) is 12.2. The molecule has 0 saturated carbocycles. The van der Waals surface area contributed by atoms with Gasteiger partial charge in [-0.25, -0.2) is 4.79 Å². The van der Waals surface area contributed by atoms with E-state index in [9.17, 15) is 9.59 Å². The van der Waals surface area contributed by atoms with Crippen LogP contribution in [0.1, 0.15) is 49.7 Å². The number of hydrogen-bond acceptors (Lipinski definition) is 4. The number of carbonyl (C=O) groups excluding carboxylic acids is 1. The van der Waals surface area contributed by atoms with Gasteiger partial charge >= 0.3 is 12.0 Å². The summed E-state index contributed by atoms with van der Waals surface area (Å²) >= 11 is 0. The maximum atomic E-state index is 11.8. The number of carboxylic acid groups (broad SMARTS) is 1. The second kappa shape index (κ2) is 6.93. The summed E-state index contributed by atoms with van der Waals surface area (Å²) in [4.78, 5) is 22.3. The van der Waals surface area contributed by atoms with Gasteiger partial charge in [0.15, 0.2) is 0 Å². The minimum atomic E-state index is -0.872. The number of urea groups is 1. The van der Waals surface area contributed by atoms with E-state index in [0.717, 1.165) is 11.3 Å². The van der Waals surface area contributed by atoms with E-state index in [2.05, 4.69) is 15.8 Å². The fourth-order valence-electron chi connectivity index (χ4n) is 2.05. The molecule has 7 nitrogen and oxygen atoms in total. The van der Waals surface area contributed by atoms with Gasteiger partial charge in [0.1, 0.15) is 5.76 Å². The van der Waals surface area contributed by atoms with Crippen molar-refractivity contribution in [1.82, 2.24) is 15.8 Å². The van der Waals surface area contributed by atoms with Crippen molar-refractivity contribution in [3.8, 4) is 0 Å². The predicted octanol–water partition coefficient (Wildman–Crippen LogP) is 1.90. The monoisotopic (exact) mass is 283 g/mol. The summed E-state index contributed by atoms with van der Waals surface area (Å²) in [5.74, 6) is -0.197. The van der Waals surface area contributed by atoms with Crippen LogP contribution in [0.2, 0.25) is 0 Å². The Morgan fingerprint density at radius 1 is 1.30 bits per heavy atom. The number of hydrogen-bond donors (Lipinski definition) is 3. The van der Waals surface area contributed by atoms with Crippen LogP contribution in [0, 0.1) is 13.8 Å². The van der Waals surface area contributed by atoms with Crippen LogP contribution >= 0.6 is 0 Å². The maximum absolute atomic E-state index is 11.8. The van der Waals surface area contributed by atoms with Crippen molar-refractivity contribution >= 4 is 12.0 Å². The van der Waals surface area contributed by atoms with Gasteiger partial charge in [-0.3, -0.25) is 4.79 Å². The van der Waals surface area contributed by atoms with E-state index in [0.29, 0.717) is 12.2 Å². The van der Waals surface area contributed by atoms with Crippen LogP contribution in [-0.4, -0.2) is 28.3 Å². The van der Waals surface area contributed by atoms with Crippen molar-refractivity contribution in [1.29, 1.82) is 0 Å². The van der Waals surface area contributed by atoms with Gasteiger partial charge in [0.2, 0.25) is 0 Å². The molecule has 0 saturated heterocycles. The molecule has 112 valence electrons.